The van der Waals surface area contributed by atoms with Gasteiger partial charge in [-0.25, -0.2) is 0 Å². The Morgan fingerprint density at radius 2 is 2.17 bits per heavy atom. The fourth-order valence-electron chi connectivity index (χ4n) is 1.34. The maximum Gasteiger partial charge on any atom is 0.297 e. The van der Waals surface area contributed by atoms with Gasteiger partial charge in [-0.1, -0.05) is 0 Å². The minimum absolute atomic E-state index is 0.165. The van der Waals surface area contributed by atoms with Crippen molar-refractivity contribution >= 4 is 31.8 Å². The molecule has 18 heavy (non-hydrogen) atoms. The van der Waals surface area contributed by atoms with Crippen LogP contribution in [0.15, 0.2) is 38.6 Å². The van der Waals surface area contributed by atoms with Crippen molar-refractivity contribution in [2.75, 3.05) is 4.72 Å². The molecule has 0 aromatic carbocycles. The van der Waals surface area contributed by atoms with Crippen molar-refractivity contribution < 1.29 is 12.8 Å². The molecule has 0 fully saturated rings. The van der Waals surface area contributed by atoms with Crippen LogP contribution < -0.4 is 4.72 Å². The lowest BCUT2D eigenvalue weighted by Gasteiger charge is -2.05. The quantitative estimate of drug-likeness (QED) is 0.932. The predicted molar refractivity (Wildman–Crippen MR) is 69.8 cm³/mol. The molecule has 0 amide bonds. The summed E-state index contributed by atoms with van der Waals surface area (Å²) >= 11 is 3.11. The molecule has 0 radical (unpaired) electrons. The summed E-state index contributed by atoms with van der Waals surface area (Å²) in [6.07, 6.45) is 3.01. The van der Waals surface area contributed by atoms with Crippen molar-refractivity contribution in [1.82, 2.24) is 9.78 Å². The minimum Gasteiger partial charge on any atom is -0.450 e. The molecule has 0 saturated carbocycles. The van der Waals surface area contributed by atoms with E-state index in [1.54, 1.807) is 16.9 Å². The van der Waals surface area contributed by atoms with E-state index in [9.17, 15) is 8.42 Å². The summed E-state index contributed by atoms with van der Waals surface area (Å²) in [5.41, 5.74) is 0. The van der Waals surface area contributed by atoms with E-state index in [0.29, 0.717) is 4.47 Å². The van der Waals surface area contributed by atoms with Gasteiger partial charge in [0.1, 0.15) is 0 Å². The number of anilines is 1. The van der Waals surface area contributed by atoms with Crippen molar-refractivity contribution in [3.63, 3.8) is 0 Å². The zero-order valence-corrected chi connectivity index (χ0v) is 12.2. The Kier molecular flexibility index (Phi) is 3.49. The number of aromatic nitrogens is 2. The van der Waals surface area contributed by atoms with Crippen LogP contribution in [0.1, 0.15) is 19.9 Å². The lowest BCUT2D eigenvalue weighted by atomic mass is 10.4. The van der Waals surface area contributed by atoms with Gasteiger partial charge >= 0.3 is 0 Å². The highest BCUT2D eigenvalue weighted by Crippen LogP contribution is 2.24. The summed E-state index contributed by atoms with van der Waals surface area (Å²) in [6, 6.07) is 3.27. The van der Waals surface area contributed by atoms with Gasteiger partial charge in [0, 0.05) is 18.3 Å². The fourth-order valence-corrected chi connectivity index (χ4v) is 3.16. The minimum atomic E-state index is -3.75. The van der Waals surface area contributed by atoms with E-state index >= 15 is 0 Å². The van der Waals surface area contributed by atoms with Gasteiger partial charge in [-0.3, -0.25) is 9.40 Å². The number of halogens is 1. The second-order valence-electron chi connectivity index (χ2n) is 3.94. The van der Waals surface area contributed by atoms with E-state index in [4.69, 9.17) is 4.42 Å². The van der Waals surface area contributed by atoms with E-state index in [-0.39, 0.29) is 17.0 Å². The number of nitrogens with zero attached hydrogens (tertiary/aromatic N) is 2. The van der Waals surface area contributed by atoms with Crippen molar-refractivity contribution in [1.29, 1.82) is 0 Å². The largest absolute Gasteiger partial charge is 0.450 e. The average Bonchev–Trinajstić information content (AvgIpc) is 2.86. The molecule has 2 aromatic heterocycles. The molecule has 1 N–H and O–H groups in total. The lowest BCUT2D eigenvalue weighted by Crippen LogP contribution is -2.13. The molecule has 98 valence electrons. The molecule has 0 saturated heterocycles. The zero-order valence-electron chi connectivity index (χ0n) is 9.79. The third-order valence-corrected chi connectivity index (χ3v) is 4.37. The summed E-state index contributed by atoms with van der Waals surface area (Å²) in [5, 5.41) is 3.94. The first-order chi connectivity index (χ1) is 8.40. The van der Waals surface area contributed by atoms with Crippen molar-refractivity contribution in [2.24, 2.45) is 0 Å². The molecule has 2 rings (SSSR count). The van der Waals surface area contributed by atoms with E-state index < -0.39 is 10.0 Å². The molecular weight excluding hydrogens is 322 g/mol. The first-order valence-electron chi connectivity index (χ1n) is 5.21. The van der Waals surface area contributed by atoms with Gasteiger partial charge in [0.05, 0.1) is 10.7 Å². The monoisotopic (exact) mass is 333 g/mol. The van der Waals surface area contributed by atoms with Gasteiger partial charge in [-0.2, -0.15) is 13.5 Å². The highest BCUT2D eigenvalue weighted by atomic mass is 79.9. The van der Waals surface area contributed by atoms with Crippen LogP contribution in [0, 0.1) is 0 Å². The van der Waals surface area contributed by atoms with Gasteiger partial charge in [0.25, 0.3) is 15.1 Å². The van der Waals surface area contributed by atoms with Crippen LogP contribution in [0.2, 0.25) is 0 Å². The van der Waals surface area contributed by atoms with Crippen LogP contribution in [-0.4, -0.2) is 18.2 Å². The normalized spacial score (nSPS) is 12.0. The summed E-state index contributed by atoms with van der Waals surface area (Å²) in [6.45, 7) is 3.91. The topological polar surface area (TPSA) is 77.1 Å². The van der Waals surface area contributed by atoms with Crippen LogP contribution >= 0.6 is 15.9 Å². The van der Waals surface area contributed by atoms with E-state index in [1.165, 1.54) is 12.3 Å². The summed E-state index contributed by atoms with van der Waals surface area (Å²) in [4.78, 5) is 0. The number of sulfonamides is 1. The summed E-state index contributed by atoms with van der Waals surface area (Å²) in [7, 11) is -3.75. The van der Waals surface area contributed by atoms with Crippen LogP contribution in [0.4, 0.5) is 5.82 Å². The predicted octanol–water partition coefficient (Wildman–Crippen LogP) is 2.62. The molecular formula is C10H12BrN3O3S. The summed E-state index contributed by atoms with van der Waals surface area (Å²) < 4.78 is 33.3. The van der Waals surface area contributed by atoms with Crippen LogP contribution in [0.3, 0.4) is 0 Å². The lowest BCUT2D eigenvalue weighted by molar-refractivity contribution is 0.448. The Labute approximate surface area is 113 Å². The molecule has 0 spiro atoms. The van der Waals surface area contributed by atoms with Gasteiger partial charge < -0.3 is 4.42 Å². The molecule has 0 aliphatic rings. The number of furan rings is 1. The first kappa shape index (κ1) is 13.2. The molecule has 2 heterocycles. The second-order valence-corrected chi connectivity index (χ2v) is 6.37. The van der Waals surface area contributed by atoms with Gasteiger partial charge in [0.2, 0.25) is 0 Å². The van der Waals surface area contributed by atoms with Gasteiger partial charge in [-0.15, -0.1) is 0 Å². The van der Waals surface area contributed by atoms with Gasteiger partial charge in [-0.05, 0) is 35.8 Å². The molecule has 0 aliphatic carbocycles. The molecule has 0 unspecified atom stereocenters. The smallest absolute Gasteiger partial charge is 0.297 e. The molecule has 0 atom stereocenters. The molecule has 0 aliphatic heterocycles. The molecule has 8 heteroatoms. The Morgan fingerprint density at radius 1 is 1.44 bits per heavy atom. The molecule has 6 nitrogen and oxygen atoms in total. The average molecular weight is 334 g/mol. The van der Waals surface area contributed by atoms with Crippen LogP contribution in [0.25, 0.3) is 0 Å². The van der Waals surface area contributed by atoms with Crippen LogP contribution in [-0.2, 0) is 10.0 Å². The third-order valence-electron chi connectivity index (χ3n) is 2.20. The third kappa shape index (κ3) is 2.59. The molecule has 2 aromatic rings. The standard InChI is InChI=1S/C10H12BrN3O3S/c1-7(2)14-5-3-9(12-14)13-18(15,16)10-8(11)4-6-17-10/h3-7H,1-2H3,(H,12,13). The first-order valence-corrected chi connectivity index (χ1v) is 7.49. The highest BCUT2D eigenvalue weighted by molar-refractivity contribution is 9.10. The van der Waals surface area contributed by atoms with Crippen molar-refractivity contribution in [2.45, 2.75) is 25.0 Å². The van der Waals surface area contributed by atoms with Crippen molar-refractivity contribution in [3.8, 4) is 0 Å². The van der Waals surface area contributed by atoms with Crippen molar-refractivity contribution in [3.05, 3.63) is 29.1 Å². The summed E-state index contributed by atoms with van der Waals surface area (Å²) in [5.74, 6) is 0.256. The Morgan fingerprint density at radius 3 is 2.67 bits per heavy atom. The number of hydrogen-bond donors (Lipinski definition) is 1. The Bertz CT molecular complexity index is 645. The molecule has 0 bridgehead atoms. The number of nitrogens with one attached hydrogen (secondary N) is 1. The maximum atomic E-state index is 12.0. The van der Waals surface area contributed by atoms with E-state index in [1.807, 2.05) is 13.8 Å². The Hall–Kier alpha value is -1.28. The Balaban J connectivity index is 2.25. The van der Waals surface area contributed by atoms with Crippen LogP contribution in [0.5, 0.6) is 0 Å². The fraction of sp³-hybridized carbons (Fsp3) is 0.300. The highest BCUT2D eigenvalue weighted by Gasteiger charge is 2.22. The maximum absolute atomic E-state index is 12.0. The number of rotatable bonds is 4. The van der Waals surface area contributed by atoms with Gasteiger partial charge in [0.15, 0.2) is 5.82 Å². The van der Waals surface area contributed by atoms with E-state index in [0.717, 1.165) is 0 Å². The SMILES string of the molecule is CC(C)n1ccc(NS(=O)(=O)c2occc2Br)n1. The number of hydrogen-bond acceptors (Lipinski definition) is 4. The second kappa shape index (κ2) is 4.77. The zero-order chi connectivity index (χ0) is 13.3. The van der Waals surface area contributed by atoms with E-state index in [2.05, 4.69) is 25.8 Å².